The summed E-state index contributed by atoms with van der Waals surface area (Å²) in [5.74, 6) is -1.10. The number of amides is 2. The highest BCUT2D eigenvalue weighted by Gasteiger charge is 2.28. The number of hydrogen-bond acceptors (Lipinski definition) is 5. The van der Waals surface area contributed by atoms with Gasteiger partial charge in [0.05, 0.1) is 6.04 Å². The zero-order valence-electron chi connectivity index (χ0n) is 17.2. The zero-order chi connectivity index (χ0) is 22.1. The standard InChI is InChI=1S/C22H26ClFN4O3/c23-17-6-3-7-18(24)22(17)19(28-9-1-2-10-28)13-27-21(30)15-31-14-20(29)26-12-16-5-4-8-25-11-16/h3-8,11,19H,1-2,9-10,12-15H2,(H,26,29)(H,27,30). The minimum Gasteiger partial charge on any atom is -0.362 e. The Hall–Kier alpha value is -2.55. The summed E-state index contributed by atoms with van der Waals surface area (Å²) in [5, 5.41) is 5.81. The molecule has 1 saturated heterocycles. The first-order valence-electron chi connectivity index (χ1n) is 10.2. The number of aromatic nitrogens is 1. The van der Waals surface area contributed by atoms with E-state index < -0.39 is 0 Å². The SMILES string of the molecule is O=C(COCC(=O)NCC(c1c(F)cccc1Cl)N1CCCC1)NCc1cccnc1. The van der Waals surface area contributed by atoms with E-state index in [1.165, 1.54) is 6.07 Å². The second kappa shape index (κ2) is 11.7. The fraction of sp³-hybridized carbons (Fsp3) is 0.409. The number of halogens is 2. The maximum atomic E-state index is 14.5. The number of nitrogens with one attached hydrogen (secondary N) is 2. The van der Waals surface area contributed by atoms with Gasteiger partial charge in [-0.3, -0.25) is 19.5 Å². The summed E-state index contributed by atoms with van der Waals surface area (Å²) < 4.78 is 19.7. The van der Waals surface area contributed by atoms with E-state index in [4.69, 9.17) is 16.3 Å². The normalized spacial score (nSPS) is 14.9. The number of carbonyl (C=O) groups excluding carboxylic acids is 2. The van der Waals surface area contributed by atoms with Gasteiger partial charge < -0.3 is 15.4 Å². The molecule has 1 atom stereocenters. The molecular weight excluding hydrogens is 423 g/mol. The molecule has 1 aliphatic heterocycles. The smallest absolute Gasteiger partial charge is 0.246 e. The molecule has 3 rings (SSSR count). The van der Waals surface area contributed by atoms with Crippen LogP contribution in [-0.4, -0.2) is 54.5 Å². The van der Waals surface area contributed by atoms with Gasteiger partial charge in [-0.1, -0.05) is 23.7 Å². The van der Waals surface area contributed by atoms with E-state index in [1.54, 1.807) is 30.6 Å². The first-order valence-corrected chi connectivity index (χ1v) is 10.6. The van der Waals surface area contributed by atoms with Crippen LogP contribution >= 0.6 is 11.6 Å². The van der Waals surface area contributed by atoms with Crippen molar-refractivity contribution in [1.82, 2.24) is 20.5 Å². The van der Waals surface area contributed by atoms with Crippen LogP contribution in [0, 0.1) is 5.82 Å². The summed E-state index contributed by atoms with van der Waals surface area (Å²) in [6, 6.07) is 7.86. The van der Waals surface area contributed by atoms with Crippen LogP contribution in [0.5, 0.6) is 0 Å². The number of nitrogens with zero attached hydrogens (tertiary/aromatic N) is 2. The minimum atomic E-state index is -0.389. The summed E-state index contributed by atoms with van der Waals surface area (Å²) in [5.41, 5.74) is 1.26. The Kier molecular flexibility index (Phi) is 8.75. The molecule has 1 aliphatic rings. The first kappa shape index (κ1) is 23.1. The molecular formula is C22H26ClFN4O3. The highest BCUT2D eigenvalue weighted by Crippen LogP contribution is 2.31. The van der Waals surface area contributed by atoms with Crippen LogP contribution in [0.2, 0.25) is 5.02 Å². The summed E-state index contributed by atoms with van der Waals surface area (Å²) in [6.07, 6.45) is 5.36. The van der Waals surface area contributed by atoms with Gasteiger partial charge in [0.1, 0.15) is 19.0 Å². The van der Waals surface area contributed by atoms with E-state index in [2.05, 4.69) is 20.5 Å². The molecule has 9 heteroatoms. The molecule has 1 aromatic heterocycles. The summed E-state index contributed by atoms with van der Waals surface area (Å²) >= 11 is 6.26. The number of pyridine rings is 1. The van der Waals surface area contributed by atoms with Crippen LogP contribution in [0.4, 0.5) is 4.39 Å². The number of hydrogen-bond donors (Lipinski definition) is 2. The van der Waals surface area contributed by atoms with Gasteiger partial charge in [-0.05, 0) is 49.7 Å². The second-order valence-corrected chi connectivity index (χ2v) is 7.74. The molecule has 1 unspecified atom stereocenters. The zero-order valence-corrected chi connectivity index (χ0v) is 17.9. The van der Waals surface area contributed by atoms with E-state index in [0.29, 0.717) is 17.1 Å². The third-order valence-electron chi connectivity index (χ3n) is 5.09. The molecule has 31 heavy (non-hydrogen) atoms. The van der Waals surface area contributed by atoms with Crippen molar-refractivity contribution >= 4 is 23.4 Å². The number of rotatable bonds is 10. The quantitative estimate of drug-likeness (QED) is 0.583. The van der Waals surface area contributed by atoms with Gasteiger partial charge in [0, 0.05) is 36.1 Å². The number of benzene rings is 1. The topological polar surface area (TPSA) is 83.6 Å². The maximum absolute atomic E-state index is 14.5. The lowest BCUT2D eigenvalue weighted by atomic mass is 10.0. The summed E-state index contributed by atoms with van der Waals surface area (Å²) in [4.78, 5) is 30.1. The molecule has 166 valence electrons. The third kappa shape index (κ3) is 6.99. The van der Waals surface area contributed by atoms with E-state index >= 15 is 0 Å². The van der Waals surface area contributed by atoms with Crippen molar-refractivity contribution in [2.24, 2.45) is 0 Å². The van der Waals surface area contributed by atoms with Gasteiger partial charge in [0.15, 0.2) is 0 Å². The van der Waals surface area contributed by atoms with Crippen molar-refractivity contribution in [3.8, 4) is 0 Å². The lowest BCUT2D eigenvalue weighted by molar-refractivity contribution is -0.131. The Labute approximate surface area is 185 Å². The van der Waals surface area contributed by atoms with Gasteiger partial charge >= 0.3 is 0 Å². The lowest BCUT2D eigenvalue weighted by Gasteiger charge is -2.29. The Morgan fingerprint density at radius 1 is 1.13 bits per heavy atom. The fourth-order valence-corrected chi connectivity index (χ4v) is 3.84. The number of likely N-dealkylation sites (tertiary alicyclic amines) is 1. The Morgan fingerprint density at radius 3 is 2.55 bits per heavy atom. The molecule has 2 N–H and O–H groups in total. The number of ether oxygens (including phenoxy) is 1. The molecule has 0 saturated carbocycles. The molecule has 2 aromatic rings. The predicted octanol–water partition coefficient (Wildman–Crippen LogP) is 2.46. The van der Waals surface area contributed by atoms with Crippen LogP contribution < -0.4 is 10.6 Å². The van der Waals surface area contributed by atoms with Crippen molar-refractivity contribution in [3.63, 3.8) is 0 Å². The van der Waals surface area contributed by atoms with Gasteiger partial charge in [-0.2, -0.15) is 0 Å². The lowest BCUT2D eigenvalue weighted by Crippen LogP contribution is -2.39. The van der Waals surface area contributed by atoms with Crippen LogP contribution in [0.25, 0.3) is 0 Å². The van der Waals surface area contributed by atoms with Crippen molar-refractivity contribution in [3.05, 3.63) is 64.7 Å². The van der Waals surface area contributed by atoms with Crippen LogP contribution in [0.1, 0.15) is 30.0 Å². The molecule has 1 fully saturated rings. The van der Waals surface area contributed by atoms with Crippen LogP contribution in [-0.2, 0) is 20.9 Å². The van der Waals surface area contributed by atoms with Gasteiger partial charge in [-0.25, -0.2) is 4.39 Å². The third-order valence-corrected chi connectivity index (χ3v) is 5.42. The molecule has 0 bridgehead atoms. The highest BCUT2D eigenvalue weighted by atomic mass is 35.5. The van der Waals surface area contributed by atoms with E-state index in [-0.39, 0.29) is 43.4 Å². The summed E-state index contributed by atoms with van der Waals surface area (Å²) in [6.45, 7) is 1.68. The van der Waals surface area contributed by atoms with Crippen molar-refractivity contribution in [2.75, 3.05) is 32.8 Å². The molecule has 2 amide bonds. The van der Waals surface area contributed by atoms with Crippen molar-refractivity contribution in [1.29, 1.82) is 0 Å². The van der Waals surface area contributed by atoms with Gasteiger partial charge in [0.25, 0.3) is 0 Å². The first-order chi connectivity index (χ1) is 15.0. The molecule has 0 spiro atoms. The molecule has 0 radical (unpaired) electrons. The van der Waals surface area contributed by atoms with Gasteiger partial charge in [0.2, 0.25) is 11.8 Å². The van der Waals surface area contributed by atoms with Crippen molar-refractivity contribution < 1.29 is 18.7 Å². The summed E-state index contributed by atoms with van der Waals surface area (Å²) in [7, 11) is 0. The highest BCUT2D eigenvalue weighted by molar-refractivity contribution is 6.31. The van der Waals surface area contributed by atoms with E-state index in [9.17, 15) is 14.0 Å². The van der Waals surface area contributed by atoms with Crippen molar-refractivity contribution in [2.45, 2.75) is 25.4 Å². The average molecular weight is 449 g/mol. The van der Waals surface area contributed by atoms with Crippen LogP contribution in [0.15, 0.2) is 42.7 Å². The average Bonchev–Trinajstić information content (AvgIpc) is 3.29. The molecule has 2 heterocycles. The maximum Gasteiger partial charge on any atom is 0.246 e. The second-order valence-electron chi connectivity index (χ2n) is 7.33. The number of carbonyl (C=O) groups is 2. The minimum absolute atomic E-state index is 0.204. The van der Waals surface area contributed by atoms with E-state index in [0.717, 1.165) is 31.5 Å². The largest absolute Gasteiger partial charge is 0.362 e. The Balaban J connectivity index is 1.45. The van der Waals surface area contributed by atoms with Gasteiger partial charge in [-0.15, -0.1) is 0 Å². The molecule has 7 nitrogen and oxygen atoms in total. The van der Waals surface area contributed by atoms with E-state index in [1.807, 2.05) is 6.07 Å². The Morgan fingerprint density at radius 2 is 1.87 bits per heavy atom. The monoisotopic (exact) mass is 448 g/mol. The molecule has 1 aromatic carbocycles. The Bertz CT molecular complexity index is 858. The fourth-order valence-electron chi connectivity index (χ4n) is 3.55. The van der Waals surface area contributed by atoms with Crippen LogP contribution in [0.3, 0.4) is 0 Å². The molecule has 0 aliphatic carbocycles. The predicted molar refractivity (Wildman–Crippen MR) is 115 cm³/mol.